The molecule has 3 heterocycles. The zero-order chi connectivity index (χ0) is 21.7. The summed E-state index contributed by atoms with van der Waals surface area (Å²) in [5.41, 5.74) is -0.701. The molecule has 4 rings (SSSR count). The van der Waals surface area contributed by atoms with Crippen LogP contribution in [0.25, 0.3) is 4.85 Å². The Hall–Kier alpha value is -3.06. The molecular formula is C20H20F3N5O2. The number of anilines is 1. The molecule has 0 bridgehead atoms. The second-order valence-corrected chi connectivity index (χ2v) is 8.01. The molecule has 0 saturated heterocycles. The number of nitrogens with one attached hydrogen (secondary N) is 1. The van der Waals surface area contributed by atoms with Gasteiger partial charge < -0.3 is 15.3 Å². The number of fused-ring (bicyclic) bond motifs is 3. The van der Waals surface area contributed by atoms with Crippen LogP contribution < -0.4 is 5.32 Å². The van der Waals surface area contributed by atoms with Crippen LogP contribution in [0.4, 0.5) is 29.3 Å². The Labute approximate surface area is 170 Å². The van der Waals surface area contributed by atoms with Crippen LogP contribution in [0.3, 0.4) is 0 Å². The smallest absolute Gasteiger partial charge is 0.322 e. The molecule has 0 saturated carbocycles. The fraction of sp³-hybridized carbons (Fsp3) is 0.450. The Balaban J connectivity index is 1.59. The number of hydrogen-bond acceptors (Lipinski definition) is 3. The first-order valence-electron chi connectivity index (χ1n) is 9.52. The molecule has 7 nitrogen and oxygen atoms in total. The second-order valence-electron chi connectivity index (χ2n) is 8.01. The number of aromatic nitrogens is 2. The Morgan fingerprint density at radius 2 is 2.13 bits per heavy atom. The van der Waals surface area contributed by atoms with Crippen molar-refractivity contribution in [2.24, 2.45) is 0 Å². The lowest BCUT2D eigenvalue weighted by Gasteiger charge is -2.28. The van der Waals surface area contributed by atoms with Gasteiger partial charge in [-0.25, -0.2) is 14.0 Å². The van der Waals surface area contributed by atoms with E-state index in [4.69, 9.17) is 6.57 Å². The highest BCUT2D eigenvalue weighted by Gasteiger charge is 2.46. The number of halogens is 3. The molecule has 2 aliphatic rings. The van der Waals surface area contributed by atoms with E-state index in [0.29, 0.717) is 17.7 Å². The van der Waals surface area contributed by atoms with Crippen molar-refractivity contribution in [2.45, 2.75) is 50.8 Å². The van der Waals surface area contributed by atoms with E-state index >= 15 is 0 Å². The van der Waals surface area contributed by atoms with E-state index in [9.17, 15) is 23.1 Å². The van der Waals surface area contributed by atoms with Gasteiger partial charge in [-0.15, -0.1) is 0 Å². The van der Waals surface area contributed by atoms with Crippen molar-refractivity contribution in [1.29, 1.82) is 0 Å². The molecule has 158 valence electrons. The molecule has 1 aromatic carbocycles. The molecule has 30 heavy (non-hydrogen) atoms. The van der Waals surface area contributed by atoms with Crippen LogP contribution in [0.15, 0.2) is 18.2 Å². The van der Waals surface area contributed by atoms with Crippen LogP contribution >= 0.6 is 0 Å². The van der Waals surface area contributed by atoms with Crippen LogP contribution in [0.2, 0.25) is 0 Å². The second kappa shape index (κ2) is 7.02. The van der Waals surface area contributed by atoms with Gasteiger partial charge in [-0.2, -0.15) is 13.9 Å². The summed E-state index contributed by atoms with van der Waals surface area (Å²) in [5.74, 6) is -3.85. The standard InChI is InChI=1S/C20H20F3N5O2/c1-19(30)6-7-20(22,23)17-13-10-27(8-5-15(13)26-28(17)11-19)18(29)25-12-3-4-14(21)16(9-12)24-2/h3-4,9,30H,5-8,10-11H2,1H3,(H,25,29). The molecule has 2 N–H and O–H groups in total. The van der Waals surface area contributed by atoms with Crippen LogP contribution in [0.5, 0.6) is 0 Å². The highest BCUT2D eigenvalue weighted by molar-refractivity contribution is 5.90. The molecule has 1 aromatic heterocycles. The maximum Gasteiger partial charge on any atom is 0.322 e. The molecule has 0 fully saturated rings. The van der Waals surface area contributed by atoms with Crippen molar-refractivity contribution in [2.75, 3.05) is 11.9 Å². The monoisotopic (exact) mass is 419 g/mol. The molecule has 2 aliphatic heterocycles. The van der Waals surface area contributed by atoms with E-state index in [1.165, 1.54) is 28.6 Å². The fourth-order valence-electron chi connectivity index (χ4n) is 3.95. The summed E-state index contributed by atoms with van der Waals surface area (Å²) < 4.78 is 44.4. The molecular weight excluding hydrogens is 399 g/mol. The minimum Gasteiger partial charge on any atom is -0.388 e. The van der Waals surface area contributed by atoms with Crippen molar-refractivity contribution in [3.8, 4) is 0 Å². The highest BCUT2D eigenvalue weighted by atomic mass is 19.3. The number of carbonyl (C=O) groups excluding carboxylic acids is 1. The Morgan fingerprint density at radius 3 is 2.87 bits per heavy atom. The third-order valence-corrected chi connectivity index (χ3v) is 5.52. The third kappa shape index (κ3) is 3.61. The van der Waals surface area contributed by atoms with E-state index in [1.807, 2.05) is 0 Å². The van der Waals surface area contributed by atoms with E-state index in [1.54, 1.807) is 0 Å². The molecule has 1 atom stereocenters. The largest absolute Gasteiger partial charge is 0.388 e. The number of aliphatic hydroxyl groups is 1. The maximum atomic E-state index is 14.9. The van der Waals surface area contributed by atoms with E-state index < -0.39 is 29.8 Å². The number of benzene rings is 1. The van der Waals surface area contributed by atoms with Gasteiger partial charge in [-0.1, -0.05) is 0 Å². The van der Waals surface area contributed by atoms with Crippen molar-refractivity contribution in [1.82, 2.24) is 14.7 Å². The van der Waals surface area contributed by atoms with Gasteiger partial charge in [0.05, 0.1) is 31.0 Å². The first kappa shape index (κ1) is 20.2. The van der Waals surface area contributed by atoms with Crippen LogP contribution in [0, 0.1) is 12.4 Å². The predicted octanol–water partition coefficient (Wildman–Crippen LogP) is 3.80. The average molecular weight is 419 g/mol. The van der Waals surface area contributed by atoms with Gasteiger partial charge in [0.1, 0.15) is 11.5 Å². The van der Waals surface area contributed by atoms with Gasteiger partial charge >= 0.3 is 6.03 Å². The third-order valence-electron chi connectivity index (χ3n) is 5.52. The van der Waals surface area contributed by atoms with E-state index in [2.05, 4.69) is 15.3 Å². The van der Waals surface area contributed by atoms with E-state index in [0.717, 1.165) is 6.07 Å². The van der Waals surface area contributed by atoms with Gasteiger partial charge in [0, 0.05) is 30.6 Å². The van der Waals surface area contributed by atoms with Gasteiger partial charge in [0.15, 0.2) is 0 Å². The number of urea groups is 1. The Bertz CT molecular complexity index is 1060. The molecule has 1 unspecified atom stereocenters. The first-order chi connectivity index (χ1) is 14.1. The zero-order valence-electron chi connectivity index (χ0n) is 16.3. The fourth-order valence-corrected chi connectivity index (χ4v) is 3.95. The number of rotatable bonds is 1. The summed E-state index contributed by atoms with van der Waals surface area (Å²) >= 11 is 0. The minimum atomic E-state index is -3.16. The van der Waals surface area contributed by atoms with Crippen LogP contribution in [-0.2, 0) is 25.4 Å². The van der Waals surface area contributed by atoms with Gasteiger partial charge in [0.25, 0.3) is 5.92 Å². The normalized spacial score (nSPS) is 22.5. The van der Waals surface area contributed by atoms with Gasteiger partial charge in [0.2, 0.25) is 5.69 Å². The summed E-state index contributed by atoms with van der Waals surface area (Å²) in [6, 6.07) is 3.10. The molecule has 0 aliphatic carbocycles. The Kier molecular flexibility index (Phi) is 4.73. The predicted molar refractivity (Wildman–Crippen MR) is 102 cm³/mol. The number of hydrogen-bond donors (Lipinski definition) is 2. The number of carbonyl (C=O) groups is 1. The number of nitrogens with zero attached hydrogens (tertiary/aromatic N) is 4. The lowest BCUT2D eigenvalue weighted by atomic mass is 9.96. The maximum absolute atomic E-state index is 14.9. The first-order valence-corrected chi connectivity index (χ1v) is 9.52. The van der Waals surface area contributed by atoms with Gasteiger partial charge in [-0.3, -0.25) is 4.68 Å². The molecule has 0 radical (unpaired) electrons. The minimum absolute atomic E-state index is 0.0356. The quantitative estimate of drug-likeness (QED) is 0.691. The SMILES string of the molecule is [C-]#[N+]c1cc(NC(=O)N2CCc3nn4c(c3C2)C(F)(F)CCC(C)(O)C4)ccc1F. The lowest BCUT2D eigenvalue weighted by molar-refractivity contribution is -0.0361. The van der Waals surface area contributed by atoms with Crippen molar-refractivity contribution in [3.63, 3.8) is 0 Å². The number of amides is 2. The molecule has 2 aromatic rings. The van der Waals surface area contributed by atoms with Crippen molar-refractivity contribution >= 4 is 17.4 Å². The average Bonchev–Trinajstić information content (AvgIpc) is 3.00. The van der Waals surface area contributed by atoms with Crippen molar-refractivity contribution < 1.29 is 23.1 Å². The van der Waals surface area contributed by atoms with Gasteiger partial charge in [-0.05, 0) is 31.5 Å². The summed E-state index contributed by atoms with van der Waals surface area (Å²) in [5, 5.41) is 17.2. The lowest BCUT2D eigenvalue weighted by Crippen LogP contribution is -2.39. The summed E-state index contributed by atoms with van der Waals surface area (Å²) in [6.45, 7) is 8.66. The van der Waals surface area contributed by atoms with Crippen LogP contribution in [-0.4, -0.2) is 38.0 Å². The van der Waals surface area contributed by atoms with E-state index in [-0.39, 0.29) is 43.1 Å². The topological polar surface area (TPSA) is 74.8 Å². The van der Waals surface area contributed by atoms with Crippen molar-refractivity contribution in [3.05, 3.63) is 52.4 Å². The highest BCUT2D eigenvalue weighted by Crippen LogP contribution is 2.42. The number of alkyl halides is 2. The Morgan fingerprint density at radius 1 is 1.37 bits per heavy atom. The van der Waals surface area contributed by atoms with Crippen LogP contribution in [0.1, 0.15) is 36.7 Å². The zero-order valence-corrected chi connectivity index (χ0v) is 16.3. The molecule has 0 spiro atoms. The summed E-state index contributed by atoms with van der Waals surface area (Å²) in [7, 11) is 0. The molecule has 10 heteroatoms. The summed E-state index contributed by atoms with van der Waals surface area (Å²) in [4.78, 5) is 17.1. The summed E-state index contributed by atoms with van der Waals surface area (Å²) in [6.07, 6.45) is -0.257. The molecule has 2 amide bonds.